The predicted molar refractivity (Wildman–Crippen MR) is 58.9 cm³/mol. The van der Waals surface area contributed by atoms with Gasteiger partial charge in [0.25, 0.3) is 0 Å². The van der Waals surface area contributed by atoms with Gasteiger partial charge in [0.1, 0.15) is 11.6 Å². The monoisotopic (exact) mass is 226 g/mol. The van der Waals surface area contributed by atoms with Gasteiger partial charge in [-0.15, -0.1) is 0 Å². The Morgan fingerprint density at radius 1 is 1.12 bits per heavy atom. The lowest BCUT2D eigenvalue weighted by molar-refractivity contribution is 0.339. The van der Waals surface area contributed by atoms with Gasteiger partial charge in [-0.25, -0.2) is 8.78 Å². The maximum Gasteiger partial charge on any atom is 0.126 e. The van der Waals surface area contributed by atoms with E-state index in [1.807, 2.05) is 0 Å². The second-order valence-corrected chi connectivity index (χ2v) is 4.51. The van der Waals surface area contributed by atoms with Crippen molar-refractivity contribution in [3.05, 3.63) is 35.4 Å². The van der Waals surface area contributed by atoms with E-state index in [4.69, 9.17) is 11.5 Å². The summed E-state index contributed by atoms with van der Waals surface area (Å²) in [7, 11) is 0. The Balaban J connectivity index is 2.26. The smallest absolute Gasteiger partial charge is 0.126 e. The molecule has 1 fully saturated rings. The SMILES string of the molecule is NC1C[C@@H](N)CC[C@@H]1c1cc(F)ccc1F. The van der Waals surface area contributed by atoms with Crippen molar-refractivity contribution in [3.8, 4) is 0 Å². The summed E-state index contributed by atoms with van der Waals surface area (Å²) in [6.45, 7) is 0. The van der Waals surface area contributed by atoms with Crippen molar-refractivity contribution in [3.63, 3.8) is 0 Å². The van der Waals surface area contributed by atoms with Gasteiger partial charge >= 0.3 is 0 Å². The van der Waals surface area contributed by atoms with Crippen LogP contribution in [0.4, 0.5) is 8.78 Å². The first kappa shape index (κ1) is 11.5. The van der Waals surface area contributed by atoms with Crippen LogP contribution in [0, 0.1) is 11.6 Å². The summed E-state index contributed by atoms with van der Waals surface area (Å²) >= 11 is 0. The third-order valence-corrected chi connectivity index (χ3v) is 3.30. The Morgan fingerprint density at radius 2 is 1.88 bits per heavy atom. The maximum absolute atomic E-state index is 13.6. The number of hydrogen-bond donors (Lipinski definition) is 2. The Hall–Kier alpha value is -1.00. The summed E-state index contributed by atoms with van der Waals surface area (Å²) in [6.07, 6.45) is 2.21. The molecule has 0 spiro atoms. The molecule has 1 aromatic carbocycles. The zero-order valence-electron chi connectivity index (χ0n) is 9.00. The summed E-state index contributed by atoms with van der Waals surface area (Å²) < 4.78 is 26.6. The molecule has 1 unspecified atom stereocenters. The molecule has 0 aliphatic heterocycles. The molecule has 1 saturated carbocycles. The molecule has 4 heteroatoms. The molecule has 1 aliphatic carbocycles. The van der Waals surface area contributed by atoms with Gasteiger partial charge in [0.05, 0.1) is 0 Å². The maximum atomic E-state index is 13.6. The number of benzene rings is 1. The van der Waals surface area contributed by atoms with Gasteiger partial charge in [-0.1, -0.05) is 0 Å². The molecule has 1 aromatic rings. The summed E-state index contributed by atoms with van der Waals surface area (Å²) in [4.78, 5) is 0. The van der Waals surface area contributed by atoms with E-state index in [1.165, 1.54) is 6.07 Å². The van der Waals surface area contributed by atoms with E-state index >= 15 is 0 Å². The quantitative estimate of drug-likeness (QED) is 0.768. The van der Waals surface area contributed by atoms with Crippen molar-refractivity contribution in [2.45, 2.75) is 37.3 Å². The van der Waals surface area contributed by atoms with Gasteiger partial charge < -0.3 is 11.5 Å². The molecule has 3 atom stereocenters. The van der Waals surface area contributed by atoms with Crippen LogP contribution < -0.4 is 11.5 Å². The second-order valence-electron chi connectivity index (χ2n) is 4.51. The fourth-order valence-electron chi connectivity index (χ4n) is 2.42. The van der Waals surface area contributed by atoms with Crippen LogP contribution in [-0.4, -0.2) is 12.1 Å². The molecule has 2 rings (SSSR count). The number of halogens is 2. The van der Waals surface area contributed by atoms with Crippen LogP contribution in [0.2, 0.25) is 0 Å². The molecule has 0 aromatic heterocycles. The molecule has 0 radical (unpaired) electrons. The van der Waals surface area contributed by atoms with E-state index in [2.05, 4.69) is 0 Å². The normalized spacial score (nSPS) is 30.4. The molecular weight excluding hydrogens is 210 g/mol. The van der Waals surface area contributed by atoms with Crippen LogP contribution in [0.15, 0.2) is 18.2 Å². The molecular formula is C12H16F2N2. The fraction of sp³-hybridized carbons (Fsp3) is 0.500. The first-order chi connectivity index (χ1) is 7.58. The lowest BCUT2D eigenvalue weighted by atomic mass is 9.78. The van der Waals surface area contributed by atoms with Crippen molar-refractivity contribution in [1.82, 2.24) is 0 Å². The zero-order valence-corrected chi connectivity index (χ0v) is 9.00. The molecule has 88 valence electrons. The fourth-order valence-corrected chi connectivity index (χ4v) is 2.42. The van der Waals surface area contributed by atoms with E-state index in [9.17, 15) is 8.78 Å². The zero-order chi connectivity index (χ0) is 11.7. The molecule has 0 bridgehead atoms. The minimum Gasteiger partial charge on any atom is -0.328 e. The lowest BCUT2D eigenvalue weighted by Gasteiger charge is -2.32. The van der Waals surface area contributed by atoms with E-state index < -0.39 is 5.82 Å². The number of nitrogens with two attached hydrogens (primary N) is 2. The Morgan fingerprint density at radius 3 is 2.56 bits per heavy atom. The average Bonchev–Trinajstić information content (AvgIpc) is 2.22. The predicted octanol–water partition coefficient (Wildman–Crippen LogP) is 1.89. The molecule has 0 heterocycles. The number of hydrogen-bond acceptors (Lipinski definition) is 2. The van der Waals surface area contributed by atoms with Crippen molar-refractivity contribution in [2.75, 3.05) is 0 Å². The number of rotatable bonds is 1. The van der Waals surface area contributed by atoms with Gasteiger partial charge in [-0.2, -0.15) is 0 Å². The molecule has 0 amide bonds. The standard InChI is InChI=1S/C12H16F2N2/c13-7-1-4-11(14)10(5-7)9-3-2-8(15)6-12(9)16/h1,4-5,8-9,12H,2-3,6,15-16H2/t8-,9+,12?/m0/s1. The van der Waals surface area contributed by atoms with Gasteiger partial charge in [-0.05, 0) is 43.0 Å². The Bertz CT molecular complexity index is 381. The van der Waals surface area contributed by atoms with Crippen LogP contribution in [-0.2, 0) is 0 Å². The van der Waals surface area contributed by atoms with E-state index in [0.717, 1.165) is 25.0 Å². The van der Waals surface area contributed by atoms with Gasteiger partial charge in [-0.3, -0.25) is 0 Å². The highest BCUT2D eigenvalue weighted by Gasteiger charge is 2.29. The largest absolute Gasteiger partial charge is 0.328 e. The molecule has 16 heavy (non-hydrogen) atoms. The van der Waals surface area contributed by atoms with Crippen molar-refractivity contribution in [1.29, 1.82) is 0 Å². The highest BCUT2D eigenvalue weighted by Crippen LogP contribution is 2.33. The van der Waals surface area contributed by atoms with E-state index in [0.29, 0.717) is 12.0 Å². The van der Waals surface area contributed by atoms with Gasteiger partial charge in [0.15, 0.2) is 0 Å². The minimum atomic E-state index is -0.418. The Kier molecular flexibility index (Phi) is 3.21. The second kappa shape index (κ2) is 4.47. The van der Waals surface area contributed by atoms with E-state index in [-0.39, 0.29) is 23.8 Å². The summed E-state index contributed by atoms with van der Waals surface area (Å²) in [5.41, 5.74) is 12.1. The van der Waals surface area contributed by atoms with Gasteiger partial charge in [0, 0.05) is 18.0 Å². The summed E-state index contributed by atoms with van der Waals surface area (Å²) in [6, 6.07) is 3.43. The minimum absolute atomic E-state index is 0.0860. The van der Waals surface area contributed by atoms with Crippen LogP contribution >= 0.6 is 0 Å². The van der Waals surface area contributed by atoms with Crippen LogP contribution in [0.25, 0.3) is 0 Å². The van der Waals surface area contributed by atoms with Crippen molar-refractivity contribution >= 4 is 0 Å². The topological polar surface area (TPSA) is 52.0 Å². The molecule has 4 N–H and O–H groups in total. The van der Waals surface area contributed by atoms with Crippen LogP contribution in [0.5, 0.6) is 0 Å². The lowest BCUT2D eigenvalue weighted by Crippen LogP contribution is -2.41. The van der Waals surface area contributed by atoms with E-state index in [1.54, 1.807) is 0 Å². The Labute approximate surface area is 93.6 Å². The average molecular weight is 226 g/mol. The van der Waals surface area contributed by atoms with Crippen molar-refractivity contribution < 1.29 is 8.78 Å². The summed E-state index contributed by atoms with van der Waals surface area (Å²) in [5.74, 6) is -0.911. The molecule has 1 aliphatic rings. The first-order valence-corrected chi connectivity index (χ1v) is 5.54. The van der Waals surface area contributed by atoms with Crippen molar-refractivity contribution in [2.24, 2.45) is 11.5 Å². The highest BCUT2D eigenvalue weighted by molar-refractivity contribution is 5.25. The third-order valence-electron chi connectivity index (χ3n) is 3.30. The third kappa shape index (κ3) is 2.23. The molecule has 0 saturated heterocycles. The van der Waals surface area contributed by atoms with Crippen LogP contribution in [0.3, 0.4) is 0 Å². The molecule has 2 nitrogen and oxygen atoms in total. The van der Waals surface area contributed by atoms with Crippen LogP contribution in [0.1, 0.15) is 30.7 Å². The summed E-state index contributed by atoms with van der Waals surface area (Å²) in [5, 5.41) is 0. The highest BCUT2D eigenvalue weighted by atomic mass is 19.1. The van der Waals surface area contributed by atoms with Gasteiger partial charge in [0.2, 0.25) is 0 Å². The first-order valence-electron chi connectivity index (χ1n) is 5.54.